The Labute approximate surface area is 107 Å². The molecule has 104 valence electrons. The van der Waals surface area contributed by atoms with Crippen molar-refractivity contribution in [2.45, 2.75) is 32.7 Å². The third-order valence-electron chi connectivity index (χ3n) is 2.83. The molecule has 2 N–H and O–H groups in total. The van der Waals surface area contributed by atoms with Gasteiger partial charge in [0.15, 0.2) is 17.0 Å². The van der Waals surface area contributed by atoms with Crippen LogP contribution in [0, 0.1) is 0 Å². The van der Waals surface area contributed by atoms with Gasteiger partial charge in [-0.05, 0) is 20.8 Å². The Bertz CT molecular complexity index is 696. The lowest BCUT2D eigenvalue weighted by atomic mass is 10.1. The first-order valence-corrected chi connectivity index (χ1v) is 5.68. The Morgan fingerprint density at radius 3 is 2.32 bits per heavy atom. The van der Waals surface area contributed by atoms with E-state index in [1.807, 2.05) is 0 Å². The Balaban J connectivity index is 2.92. The van der Waals surface area contributed by atoms with Crippen LogP contribution >= 0.6 is 0 Å². The highest BCUT2D eigenvalue weighted by Crippen LogP contribution is 2.22. The summed E-state index contributed by atoms with van der Waals surface area (Å²) in [5.41, 5.74) is 4.62. The molecule has 19 heavy (non-hydrogen) atoms. The fourth-order valence-corrected chi connectivity index (χ4v) is 2.03. The fourth-order valence-electron chi connectivity index (χ4n) is 2.03. The molecule has 2 rings (SSSR count). The predicted octanol–water partition coefficient (Wildman–Crippen LogP) is 1.40. The van der Waals surface area contributed by atoms with E-state index in [0.717, 1.165) is 4.57 Å². The molecule has 0 aliphatic carbocycles. The van der Waals surface area contributed by atoms with Crippen LogP contribution in [0.15, 0.2) is 4.79 Å². The lowest BCUT2D eigenvalue weighted by molar-refractivity contribution is 0.137. The largest absolute Gasteiger partial charge is 0.369 e. The molecule has 2 aromatic rings. The first kappa shape index (κ1) is 13.4. The van der Waals surface area contributed by atoms with Gasteiger partial charge in [-0.2, -0.15) is 4.98 Å². The zero-order chi connectivity index (χ0) is 14.5. The lowest BCUT2D eigenvalue weighted by Gasteiger charge is -2.23. The van der Waals surface area contributed by atoms with Crippen LogP contribution in [0.1, 0.15) is 33.0 Å². The Kier molecular flexibility index (Phi) is 2.83. The van der Waals surface area contributed by atoms with Crippen LogP contribution in [-0.4, -0.2) is 19.1 Å². The smallest absolute Gasteiger partial charge is 0.295 e. The quantitative estimate of drug-likeness (QED) is 0.850. The van der Waals surface area contributed by atoms with Crippen molar-refractivity contribution in [1.82, 2.24) is 19.1 Å². The second kappa shape index (κ2) is 4.01. The first-order chi connectivity index (χ1) is 8.64. The summed E-state index contributed by atoms with van der Waals surface area (Å²) in [6, 6.07) is 0. The molecule has 0 spiro atoms. The van der Waals surface area contributed by atoms with E-state index in [1.54, 1.807) is 20.8 Å². The second-order valence-electron chi connectivity index (χ2n) is 5.28. The zero-order valence-corrected chi connectivity index (χ0v) is 11.1. The molecule has 6 nitrogen and oxygen atoms in total. The number of nitrogens with two attached hydrogens (primary N) is 1. The van der Waals surface area contributed by atoms with Crippen molar-refractivity contribution >= 4 is 17.1 Å². The van der Waals surface area contributed by atoms with Gasteiger partial charge in [-0.15, -0.1) is 0 Å². The average molecular weight is 271 g/mol. The number of aromatic nitrogens is 4. The van der Waals surface area contributed by atoms with Crippen molar-refractivity contribution in [2.24, 2.45) is 7.05 Å². The maximum Gasteiger partial charge on any atom is 0.295 e. The Morgan fingerprint density at radius 1 is 1.26 bits per heavy atom. The number of nitrogen functional groups attached to an aromatic ring is 1. The summed E-state index contributed by atoms with van der Waals surface area (Å²) in [5.74, 6) is -0.533. The van der Waals surface area contributed by atoms with E-state index in [2.05, 4.69) is 9.97 Å². The standard InChI is InChI=1S/C11H15F2N5O/c1-11(2,3)18-9(19)5-7(16-10(18)14)15-8(6(12)13)17(5)4/h6H,1-4H3,(H2,14,16). The molecule has 0 amide bonds. The highest BCUT2D eigenvalue weighted by atomic mass is 19.3. The molecule has 0 atom stereocenters. The number of imidazole rings is 1. The van der Waals surface area contributed by atoms with Crippen LogP contribution in [0.5, 0.6) is 0 Å². The van der Waals surface area contributed by atoms with Crippen molar-refractivity contribution < 1.29 is 8.78 Å². The van der Waals surface area contributed by atoms with E-state index < -0.39 is 23.3 Å². The number of anilines is 1. The van der Waals surface area contributed by atoms with Gasteiger partial charge in [0.25, 0.3) is 12.0 Å². The fraction of sp³-hybridized carbons (Fsp3) is 0.545. The average Bonchev–Trinajstić information content (AvgIpc) is 2.53. The van der Waals surface area contributed by atoms with Crippen molar-refractivity contribution in [3.8, 4) is 0 Å². The molecule has 0 aromatic carbocycles. The molecule has 8 heteroatoms. The summed E-state index contributed by atoms with van der Waals surface area (Å²) in [4.78, 5) is 20.0. The number of aryl methyl sites for hydroxylation is 1. The molecule has 0 bridgehead atoms. The van der Waals surface area contributed by atoms with Gasteiger partial charge in [0.05, 0.1) is 0 Å². The van der Waals surface area contributed by atoms with Crippen LogP contribution in [0.25, 0.3) is 11.2 Å². The minimum atomic E-state index is -2.78. The molecular formula is C11H15F2N5O. The maximum atomic E-state index is 12.8. The van der Waals surface area contributed by atoms with Gasteiger partial charge < -0.3 is 10.3 Å². The minimum absolute atomic E-state index is 0.0272. The molecule has 0 aliphatic heterocycles. The monoisotopic (exact) mass is 271 g/mol. The number of alkyl halides is 2. The minimum Gasteiger partial charge on any atom is -0.369 e. The summed E-state index contributed by atoms with van der Waals surface area (Å²) in [5, 5.41) is 0. The number of hydrogen-bond acceptors (Lipinski definition) is 4. The SMILES string of the molecule is Cn1c(C(F)F)nc2nc(N)n(C(C)(C)C)c(=O)c21. The maximum absolute atomic E-state index is 12.8. The van der Waals surface area contributed by atoms with Gasteiger partial charge in [-0.3, -0.25) is 9.36 Å². The van der Waals surface area contributed by atoms with Crippen LogP contribution in [0.4, 0.5) is 14.7 Å². The van der Waals surface area contributed by atoms with Gasteiger partial charge in [-0.1, -0.05) is 0 Å². The van der Waals surface area contributed by atoms with E-state index in [9.17, 15) is 13.6 Å². The second-order valence-corrected chi connectivity index (χ2v) is 5.28. The van der Waals surface area contributed by atoms with Gasteiger partial charge in [-0.25, -0.2) is 13.8 Å². The summed E-state index contributed by atoms with van der Waals surface area (Å²) >= 11 is 0. The molecule has 0 saturated carbocycles. The molecule has 2 aromatic heterocycles. The number of rotatable bonds is 1. The summed E-state index contributed by atoms with van der Waals surface area (Å²) in [6.07, 6.45) is -2.78. The Hall–Kier alpha value is -1.99. The number of halogens is 2. The number of fused-ring (bicyclic) bond motifs is 1. The highest BCUT2D eigenvalue weighted by Gasteiger charge is 2.25. The predicted molar refractivity (Wildman–Crippen MR) is 67.1 cm³/mol. The summed E-state index contributed by atoms with van der Waals surface area (Å²) < 4.78 is 27.9. The van der Waals surface area contributed by atoms with Crippen molar-refractivity contribution in [2.75, 3.05) is 5.73 Å². The van der Waals surface area contributed by atoms with Gasteiger partial charge >= 0.3 is 0 Å². The van der Waals surface area contributed by atoms with Crippen LogP contribution in [-0.2, 0) is 12.6 Å². The van der Waals surface area contributed by atoms with E-state index in [-0.39, 0.29) is 17.1 Å². The molecule has 0 radical (unpaired) electrons. The van der Waals surface area contributed by atoms with Crippen LogP contribution < -0.4 is 11.3 Å². The topological polar surface area (TPSA) is 78.7 Å². The molecule has 2 heterocycles. The normalized spacial score (nSPS) is 12.6. The lowest BCUT2D eigenvalue weighted by Crippen LogP contribution is -2.36. The van der Waals surface area contributed by atoms with Crippen molar-refractivity contribution in [3.05, 3.63) is 16.2 Å². The van der Waals surface area contributed by atoms with E-state index in [4.69, 9.17) is 5.73 Å². The summed E-state index contributed by atoms with van der Waals surface area (Å²) in [7, 11) is 1.36. The van der Waals surface area contributed by atoms with Gasteiger partial charge in [0.2, 0.25) is 5.95 Å². The number of nitrogens with zero attached hydrogens (tertiary/aromatic N) is 4. The van der Waals surface area contributed by atoms with Gasteiger partial charge in [0.1, 0.15) is 0 Å². The molecule has 0 aliphatic rings. The molecule has 0 fully saturated rings. The third kappa shape index (κ3) is 1.96. The third-order valence-corrected chi connectivity index (χ3v) is 2.83. The highest BCUT2D eigenvalue weighted by molar-refractivity contribution is 5.72. The molecule has 0 saturated heterocycles. The Morgan fingerprint density at radius 2 is 1.84 bits per heavy atom. The molecular weight excluding hydrogens is 256 g/mol. The van der Waals surface area contributed by atoms with E-state index in [0.29, 0.717) is 0 Å². The summed E-state index contributed by atoms with van der Waals surface area (Å²) in [6.45, 7) is 5.34. The van der Waals surface area contributed by atoms with Gasteiger partial charge in [0, 0.05) is 12.6 Å². The van der Waals surface area contributed by atoms with Crippen LogP contribution in [0.2, 0.25) is 0 Å². The van der Waals surface area contributed by atoms with Crippen molar-refractivity contribution in [1.29, 1.82) is 0 Å². The molecule has 0 unspecified atom stereocenters. The van der Waals surface area contributed by atoms with E-state index >= 15 is 0 Å². The number of hydrogen-bond donors (Lipinski definition) is 1. The van der Waals surface area contributed by atoms with E-state index in [1.165, 1.54) is 11.6 Å². The first-order valence-electron chi connectivity index (χ1n) is 5.68. The zero-order valence-electron chi connectivity index (χ0n) is 11.1. The van der Waals surface area contributed by atoms with Crippen LogP contribution in [0.3, 0.4) is 0 Å². The van der Waals surface area contributed by atoms with Crippen molar-refractivity contribution in [3.63, 3.8) is 0 Å².